The first kappa shape index (κ1) is 7.35. The number of fused-ring (bicyclic) bond motifs is 1. The lowest BCUT2D eigenvalue weighted by Crippen LogP contribution is -1.98. The van der Waals surface area contributed by atoms with Crippen molar-refractivity contribution in [1.29, 1.82) is 0 Å². The van der Waals surface area contributed by atoms with E-state index in [-0.39, 0.29) is 0 Å². The second-order valence-electron chi connectivity index (χ2n) is 2.18. The molecule has 62 valence electrons. The highest BCUT2D eigenvalue weighted by Gasteiger charge is 2.05. The number of hydrogen-bond acceptors (Lipinski definition) is 5. The lowest BCUT2D eigenvalue weighted by atomic mass is 10.6. The first-order valence-electron chi connectivity index (χ1n) is 3.32. The van der Waals surface area contributed by atoms with E-state index in [1.165, 1.54) is 11.8 Å². The number of thioether (sulfide) groups is 1. The molecular formula is C6H7N5S. The molecule has 0 amide bonds. The SMILES string of the molecule is CSc1nccc2nnc(N)n12. The maximum atomic E-state index is 5.59. The molecule has 2 heterocycles. The summed E-state index contributed by atoms with van der Waals surface area (Å²) in [7, 11) is 0. The number of anilines is 1. The van der Waals surface area contributed by atoms with Crippen LogP contribution in [0.1, 0.15) is 0 Å². The average Bonchev–Trinajstić information content (AvgIpc) is 2.48. The third-order valence-corrected chi connectivity index (χ3v) is 2.15. The number of nitrogen functional groups attached to an aromatic ring is 1. The van der Waals surface area contributed by atoms with Gasteiger partial charge in [0.25, 0.3) is 0 Å². The summed E-state index contributed by atoms with van der Waals surface area (Å²) in [6.45, 7) is 0. The molecule has 0 spiro atoms. The Labute approximate surface area is 73.0 Å². The Kier molecular flexibility index (Phi) is 1.61. The van der Waals surface area contributed by atoms with Crippen molar-refractivity contribution in [3.63, 3.8) is 0 Å². The van der Waals surface area contributed by atoms with Crippen LogP contribution in [-0.4, -0.2) is 25.8 Å². The van der Waals surface area contributed by atoms with E-state index < -0.39 is 0 Å². The molecule has 0 saturated carbocycles. The lowest BCUT2D eigenvalue weighted by Gasteiger charge is -1.98. The van der Waals surface area contributed by atoms with Crippen LogP contribution < -0.4 is 5.73 Å². The summed E-state index contributed by atoms with van der Waals surface area (Å²) in [6, 6.07) is 1.77. The van der Waals surface area contributed by atoms with Gasteiger partial charge < -0.3 is 5.73 Å². The van der Waals surface area contributed by atoms with Gasteiger partial charge in [0.15, 0.2) is 10.8 Å². The minimum Gasteiger partial charge on any atom is -0.368 e. The van der Waals surface area contributed by atoms with Crippen molar-refractivity contribution in [3.8, 4) is 0 Å². The van der Waals surface area contributed by atoms with Gasteiger partial charge in [-0.3, -0.25) is 0 Å². The van der Waals surface area contributed by atoms with E-state index in [4.69, 9.17) is 5.73 Å². The van der Waals surface area contributed by atoms with Crippen molar-refractivity contribution in [2.45, 2.75) is 5.16 Å². The predicted molar refractivity (Wildman–Crippen MR) is 47.0 cm³/mol. The number of rotatable bonds is 1. The molecule has 0 aromatic carbocycles. The summed E-state index contributed by atoms with van der Waals surface area (Å²) in [4.78, 5) is 4.12. The highest BCUT2D eigenvalue weighted by molar-refractivity contribution is 7.98. The fraction of sp³-hybridized carbons (Fsp3) is 0.167. The van der Waals surface area contributed by atoms with Crippen LogP contribution >= 0.6 is 11.8 Å². The molecule has 0 saturated heterocycles. The zero-order valence-corrected chi connectivity index (χ0v) is 7.25. The third-order valence-electron chi connectivity index (χ3n) is 1.50. The Bertz CT molecular complexity index is 409. The van der Waals surface area contributed by atoms with Gasteiger partial charge in [0.2, 0.25) is 5.95 Å². The second kappa shape index (κ2) is 2.63. The van der Waals surface area contributed by atoms with Gasteiger partial charge in [0.05, 0.1) is 0 Å². The van der Waals surface area contributed by atoms with Crippen molar-refractivity contribution in [2.24, 2.45) is 0 Å². The van der Waals surface area contributed by atoms with E-state index in [2.05, 4.69) is 15.2 Å². The normalized spacial score (nSPS) is 10.8. The summed E-state index contributed by atoms with van der Waals surface area (Å²) in [5, 5.41) is 8.40. The molecular weight excluding hydrogens is 174 g/mol. The van der Waals surface area contributed by atoms with E-state index in [1.54, 1.807) is 16.7 Å². The molecule has 2 aromatic heterocycles. The van der Waals surface area contributed by atoms with Gasteiger partial charge in [0, 0.05) is 12.3 Å². The zero-order chi connectivity index (χ0) is 8.55. The molecule has 2 rings (SSSR count). The van der Waals surface area contributed by atoms with E-state index in [1.807, 2.05) is 6.26 Å². The fourth-order valence-electron chi connectivity index (χ4n) is 0.983. The molecule has 0 fully saturated rings. The van der Waals surface area contributed by atoms with Gasteiger partial charge in [-0.05, 0) is 6.26 Å². The molecule has 0 radical (unpaired) electrons. The highest BCUT2D eigenvalue weighted by atomic mass is 32.2. The van der Waals surface area contributed by atoms with Crippen molar-refractivity contribution >= 4 is 23.4 Å². The van der Waals surface area contributed by atoms with Crippen molar-refractivity contribution < 1.29 is 0 Å². The van der Waals surface area contributed by atoms with Crippen molar-refractivity contribution in [1.82, 2.24) is 19.6 Å². The molecule has 0 atom stereocenters. The molecule has 12 heavy (non-hydrogen) atoms. The molecule has 5 nitrogen and oxygen atoms in total. The Morgan fingerprint density at radius 2 is 2.33 bits per heavy atom. The molecule has 0 aliphatic carbocycles. The molecule has 0 aliphatic heterocycles. The fourth-order valence-corrected chi connectivity index (χ4v) is 1.52. The van der Waals surface area contributed by atoms with Gasteiger partial charge in [-0.15, -0.1) is 10.2 Å². The number of nitrogens with zero attached hydrogens (tertiary/aromatic N) is 4. The van der Waals surface area contributed by atoms with Crippen LogP contribution in [0.5, 0.6) is 0 Å². The van der Waals surface area contributed by atoms with Gasteiger partial charge in [-0.2, -0.15) is 0 Å². The first-order valence-corrected chi connectivity index (χ1v) is 4.55. The Balaban J connectivity index is 2.84. The standard InChI is InChI=1S/C6H7N5S/c1-12-6-8-3-2-4-9-10-5(7)11(4)6/h2-3H,1H3,(H2,7,10). The number of aromatic nitrogens is 4. The van der Waals surface area contributed by atoms with Crippen LogP contribution in [0.2, 0.25) is 0 Å². The Morgan fingerprint density at radius 1 is 1.50 bits per heavy atom. The van der Waals surface area contributed by atoms with Crippen LogP contribution in [0.4, 0.5) is 5.95 Å². The summed E-state index contributed by atoms with van der Waals surface area (Å²) in [6.07, 6.45) is 3.62. The summed E-state index contributed by atoms with van der Waals surface area (Å²) in [5.74, 6) is 0.377. The van der Waals surface area contributed by atoms with Gasteiger partial charge in [-0.25, -0.2) is 9.38 Å². The quantitative estimate of drug-likeness (QED) is 0.510. The maximum absolute atomic E-state index is 5.59. The highest BCUT2D eigenvalue weighted by Crippen LogP contribution is 2.15. The molecule has 2 N–H and O–H groups in total. The Morgan fingerprint density at radius 3 is 3.08 bits per heavy atom. The van der Waals surface area contributed by atoms with Crippen LogP contribution in [0, 0.1) is 0 Å². The topological polar surface area (TPSA) is 69.1 Å². The lowest BCUT2D eigenvalue weighted by molar-refractivity contribution is 0.910. The summed E-state index contributed by atoms with van der Waals surface area (Å²) >= 11 is 1.51. The van der Waals surface area contributed by atoms with Crippen LogP contribution in [-0.2, 0) is 0 Å². The average molecular weight is 181 g/mol. The van der Waals surface area contributed by atoms with Crippen molar-refractivity contribution in [3.05, 3.63) is 12.3 Å². The minimum absolute atomic E-state index is 0.377. The first-order chi connectivity index (χ1) is 5.83. The molecule has 0 aliphatic rings. The second-order valence-corrected chi connectivity index (χ2v) is 2.96. The van der Waals surface area contributed by atoms with Crippen LogP contribution in [0.25, 0.3) is 5.65 Å². The van der Waals surface area contributed by atoms with Gasteiger partial charge >= 0.3 is 0 Å². The molecule has 2 aromatic rings. The summed E-state index contributed by atoms with van der Waals surface area (Å²) < 4.78 is 1.71. The van der Waals surface area contributed by atoms with E-state index in [0.29, 0.717) is 5.95 Å². The third kappa shape index (κ3) is 0.918. The summed E-state index contributed by atoms with van der Waals surface area (Å²) in [5.41, 5.74) is 6.32. The van der Waals surface area contributed by atoms with Gasteiger partial charge in [-0.1, -0.05) is 11.8 Å². The van der Waals surface area contributed by atoms with Gasteiger partial charge in [0.1, 0.15) is 0 Å². The number of nitrogens with two attached hydrogens (primary N) is 1. The van der Waals surface area contributed by atoms with E-state index in [9.17, 15) is 0 Å². The minimum atomic E-state index is 0.377. The largest absolute Gasteiger partial charge is 0.368 e. The van der Waals surface area contributed by atoms with Crippen LogP contribution in [0.15, 0.2) is 17.4 Å². The predicted octanol–water partition coefficient (Wildman–Crippen LogP) is 0.428. The Hall–Kier alpha value is -1.30. The smallest absolute Gasteiger partial charge is 0.228 e. The monoisotopic (exact) mass is 181 g/mol. The number of hydrogen-bond donors (Lipinski definition) is 1. The van der Waals surface area contributed by atoms with Crippen LogP contribution in [0.3, 0.4) is 0 Å². The maximum Gasteiger partial charge on any atom is 0.228 e. The molecule has 6 heteroatoms. The molecule has 0 bridgehead atoms. The van der Waals surface area contributed by atoms with E-state index in [0.717, 1.165) is 10.8 Å². The molecule has 0 unspecified atom stereocenters. The van der Waals surface area contributed by atoms with Crippen molar-refractivity contribution in [2.75, 3.05) is 12.0 Å². The zero-order valence-electron chi connectivity index (χ0n) is 6.43. The van der Waals surface area contributed by atoms with E-state index >= 15 is 0 Å².